The summed E-state index contributed by atoms with van der Waals surface area (Å²) in [5.41, 5.74) is 1.06. The Kier molecular flexibility index (Phi) is 6.03. The lowest BCUT2D eigenvalue weighted by molar-refractivity contribution is 0.103. The van der Waals surface area contributed by atoms with E-state index in [1.807, 2.05) is 12.1 Å². The molecule has 2 aromatic carbocycles. The Morgan fingerprint density at radius 1 is 1.11 bits per heavy atom. The summed E-state index contributed by atoms with van der Waals surface area (Å²) in [5, 5.41) is 5.54. The van der Waals surface area contributed by atoms with Crippen molar-refractivity contribution >= 4 is 49.9 Å². The molecule has 1 N–H and O–H groups in total. The number of thiazole rings is 1. The van der Waals surface area contributed by atoms with Gasteiger partial charge < -0.3 is 15.0 Å². The number of aromatic nitrogens is 1. The molecule has 1 aromatic heterocycles. The van der Waals surface area contributed by atoms with Gasteiger partial charge in [0.05, 0.1) is 20.3 Å². The van der Waals surface area contributed by atoms with E-state index >= 15 is 0 Å². The van der Waals surface area contributed by atoms with Crippen LogP contribution in [0.3, 0.4) is 0 Å². The van der Waals surface area contributed by atoms with Crippen LogP contribution in [0, 0.1) is 0 Å². The Labute approximate surface area is 173 Å². The molecular weight excluding hydrogens is 401 g/mol. The number of anilines is 1. The number of hydrogen-bond donors (Lipinski definition) is 1. The molecule has 0 saturated carbocycles. The van der Waals surface area contributed by atoms with Crippen molar-refractivity contribution in [3.05, 3.63) is 52.5 Å². The zero-order valence-electron chi connectivity index (χ0n) is 14.8. The van der Waals surface area contributed by atoms with E-state index in [-0.39, 0.29) is 6.10 Å². The first kappa shape index (κ1) is 18.8. The van der Waals surface area contributed by atoms with E-state index in [1.165, 1.54) is 4.70 Å². The summed E-state index contributed by atoms with van der Waals surface area (Å²) in [7, 11) is 0. The molecule has 1 saturated heterocycles. The molecule has 0 radical (unpaired) electrons. The monoisotopic (exact) mass is 421 g/mol. The van der Waals surface area contributed by atoms with E-state index in [0.29, 0.717) is 10.0 Å². The lowest BCUT2D eigenvalue weighted by atomic mass is 10.1. The number of ether oxygens (including phenoxy) is 1. The number of hydrogen-bond acceptors (Lipinski definition) is 5. The summed E-state index contributed by atoms with van der Waals surface area (Å²) < 4.78 is 7.28. The number of benzene rings is 2. The maximum absolute atomic E-state index is 6.06. The number of halogens is 2. The number of para-hydroxylation sites is 1. The molecule has 1 aliphatic heterocycles. The first-order valence-corrected chi connectivity index (χ1v) is 10.7. The fourth-order valence-electron chi connectivity index (χ4n) is 3.26. The van der Waals surface area contributed by atoms with Crippen LogP contribution in [-0.4, -0.2) is 42.2 Å². The van der Waals surface area contributed by atoms with Crippen LogP contribution in [0.4, 0.5) is 5.13 Å². The Morgan fingerprint density at radius 3 is 2.70 bits per heavy atom. The molecule has 0 bridgehead atoms. The smallest absolute Gasteiger partial charge is 0.183 e. The molecule has 0 unspecified atom stereocenters. The molecule has 2 heterocycles. The average Bonchev–Trinajstić information content (AvgIpc) is 3.09. The van der Waals surface area contributed by atoms with Gasteiger partial charge >= 0.3 is 0 Å². The van der Waals surface area contributed by atoms with Crippen LogP contribution >= 0.6 is 34.5 Å². The molecule has 4 rings (SSSR count). The number of nitrogens with zero attached hydrogens (tertiary/aromatic N) is 2. The van der Waals surface area contributed by atoms with Gasteiger partial charge in [0.15, 0.2) is 5.13 Å². The van der Waals surface area contributed by atoms with Gasteiger partial charge in [-0.2, -0.15) is 0 Å². The van der Waals surface area contributed by atoms with Crippen molar-refractivity contribution in [1.82, 2.24) is 9.88 Å². The number of rotatable bonds is 6. The SMILES string of the molecule is Clc1ccc(OC2CCN(CCNc3nc4ccccc4s3)CC2)cc1Cl. The number of piperidine rings is 1. The summed E-state index contributed by atoms with van der Waals surface area (Å²) in [6.45, 7) is 3.98. The summed E-state index contributed by atoms with van der Waals surface area (Å²) in [5.74, 6) is 0.792. The third kappa shape index (κ3) is 4.85. The summed E-state index contributed by atoms with van der Waals surface area (Å²) in [4.78, 5) is 7.08. The Morgan fingerprint density at radius 2 is 1.93 bits per heavy atom. The molecule has 4 nitrogen and oxygen atoms in total. The van der Waals surface area contributed by atoms with E-state index in [9.17, 15) is 0 Å². The zero-order valence-corrected chi connectivity index (χ0v) is 17.2. The summed E-state index contributed by atoms with van der Waals surface area (Å²) in [6.07, 6.45) is 2.26. The first-order valence-electron chi connectivity index (χ1n) is 9.11. The van der Waals surface area contributed by atoms with Crippen molar-refractivity contribution < 1.29 is 4.74 Å². The van der Waals surface area contributed by atoms with Crippen LogP contribution in [0.25, 0.3) is 10.2 Å². The first-order chi connectivity index (χ1) is 13.2. The fraction of sp³-hybridized carbons (Fsp3) is 0.350. The number of likely N-dealkylation sites (tertiary alicyclic amines) is 1. The van der Waals surface area contributed by atoms with Gasteiger partial charge in [-0.25, -0.2) is 4.98 Å². The van der Waals surface area contributed by atoms with Crippen LogP contribution in [0.5, 0.6) is 5.75 Å². The standard InChI is InChI=1S/C20H21Cl2N3OS/c21-16-6-5-15(13-17(16)22)26-14-7-10-25(11-8-14)12-9-23-20-24-18-3-1-2-4-19(18)27-20/h1-6,13-14H,7-12H2,(H,23,24). The average molecular weight is 422 g/mol. The van der Waals surface area contributed by atoms with Crippen molar-refractivity contribution in [1.29, 1.82) is 0 Å². The highest BCUT2D eigenvalue weighted by Crippen LogP contribution is 2.28. The predicted molar refractivity (Wildman–Crippen MR) is 115 cm³/mol. The molecule has 3 aromatic rings. The van der Waals surface area contributed by atoms with Gasteiger partial charge in [0.25, 0.3) is 0 Å². The van der Waals surface area contributed by atoms with E-state index in [1.54, 1.807) is 23.5 Å². The van der Waals surface area contributed by atoms with Gasteiger partial charge in [-0.05, 0) is 37.1 Å². The molecular formula is C20H21Cl2N3OS. The van der Waals surface area contributed by atoms with Crippen molar-refractivity contribution in [3.63, 3.8) is 0 Å². The minimum Gasteiger partial charge on any atom is -0.490 e. The van der Waals surface area contributed by atoms with Crippen LogP contribution in [0.2, 0.25) is 10.0 Å². The molecule has 142 valence electrons. The van der Waals surface area contributed by atoms with Crippen molar-refractivity contribution in [2.45, 2.75) is 18.9 Å². The highest BCUT2D eigenvalue weighted by molar-refractivity contribution is 7.22. The van der Waals surface area contributed by atoms with Crippen LogP contribution in [0.1, 0.15) is 12.8 Å². The van der Waals surface area contributed by atoms with Crippen molar-refractivity contribution in [2.24, 2.45) is 0 Å². The maximum Gasteiger partial charge on any atom is 0.183 e. The van der Waals surface area contributed by atoms with E-state index < -0.39 is 0 Å². The van der Waals surface area contributed by atoms with Crippen LogP contribution in [-0.2, 0) is 0 Å². The van der Waals surface area contributed by atoms with Gasteiger partial charge in [-0.3, -0.25) is 0 Å². The van der Waals surface area contributed by atoms with Crippen LogP contribution < -0.4 is 10.1 Å². The fourth-order valence-corrected chi connectivity index (χ4v) is 4.44. The molecule has 0 spiro atoms. The van der Waals surface area contributed by atoms with Gasteiger partial charge in [-0.15, -0.1) is 0 Å². The van der Waals surface area contributed by atoms with E-state index in [4.69, 9.17) is 27.9 Å². The lowest BCUT2D eigenvalue weighted by Gasteiger charge is -2.32. The molecule has 27 heavy (non-hydrogen) atoms. The van der Waals surface area contributed by atoms with Gasteiger partial charge in [0, 0.05) is 32.2 Å². The third-order valence-electron chi connectivity index (χ3n) is 4.73. The second-order valence-electron chi connectivity index (χ2n) is 6.65. The Balaban J connectivity index is 1.20. The lowest BCUT2D eigenvalue weighted by Crippen LogP contribution is -2.40. The Bertz CT molecular complexity index is 876. The van der Waals surface area contributed by atoms with Gasteiger partial charge in [0.1, 0.15) is 11.9 Å². The van der Waals surface area contributed by atoms with Crippen molar-refractivity contribution in [3.8, 4) is 5.75 Å². The summed E-state index contributed by atoms with van der Waals surface area (Å²) in [6, 6.07) is 13.7. The molecule has 0 atom stereocenters. The molecule has 0 aliphatic carbocycles. The van der Waals surface area contributed by atoms with Crippen LogP contribution in [0.15, 0.2) is 42.5 Å². The normalized spacial score (nSPS) is 15.9. The molecule has 1 aliphatic rings. The molecule has 0 amide bonds. The number of fused-ring (bicyclic) bond motifs is 1. The molecule has 1 fully saturated rings. The predicted octanol–water partition coefficient (Wildman–Crippen LogP) is 5.56. The second-order valence-corrected chi connectivity index (χ2v) is 8.49. The van der Waals surface area contributed by atoms with Crippen molar-refractivity contribution in [2.75, 3.05) is 31.5 Å². The number of nitrogens with one attached hydrogen (secondary N) is 1. The van der Waals surface area contributed by atoms with Gasteiger partial charge in [0.2, 0.25) is 0 Å². The highest BCUT2D eigenvalue weighted by atomic mass is 35.5. The molecule has 7 heteroatoms. The third-order valence-corrected chi connectivity index (χ3v) is 6.46. The Hall–Kier alpha value is -1.53. The topological polar surface area (TPSA) is 37.4 Å². The largest absolute Gasteiger partial charge is 0.490 e. The zero-order chi connectivity index (χ0) is 18.6. The van der Waals surface area contributed by atoms with E-state index in [2.05, 4.69) is 33.4 Å². The highest BCUT2D eigenvalue weighted by Gasteiger charge is 2.20. The maximum atomic E-state index is 6.06. The van der Waals surface area contributed by atoms with Gasteiger partial charge in [-0.1, -0.05) is 46.7 Å². The quantitative estimate of drug-likeness (QED) is 0.565. The minimum absolute atomic E-state index is 0.232. The second kappa shape index (κ2) is 8.65. The summed E-state index contributed by atoms with van der Waals surface area (Å²) >= 11 is 13.7. The van der Waals surface area contributed by atoms with E-state index in [0.717, 1.165) is 55.4 Å². The minimum atomic E-state index is 0.232.